The van der Waals surface area contributed by atoms with E-state index in [2.05, 4.69) is 10.2 Å². The highest BCUT2D eigenvalue weighted by Crippen LogP contribution is 2.21. The molecule has 1 N–H and O–H groups in total. The number of methoxy groups -OCH3 is 1. The molecule has 0 saturated heterocycles. The maximum absolute atomic E-state index is 10.8. The normalized spacial score (nSPS) is 11.8. The van der Waals surface area contributed by atoms with Crippen LogP contribution < -0.4 is 4.90 Å². The zero-order valence-corrected chi connectivity index (χ0v) is 11.0. The summed E-state index contributed by atoms with van der Waals surface area (Å²) in [6.07, 6.45) is 0. The topological polar surface area (TPSA) is 99.3 Å². The minimum absolute atomic E-state index is 0.0826. The number of rotatable bonds is 7. The Morgan fingerprint density at radius 3 is 2.94 bits per heavy atom. The molecule has 98 valence electrons. The summed E-state index contributed by atoms with van der Waals surface area (Å²) in [5.41, 5.74) is 0. The molecule has 0 aromatic carbocycles. The minimum atomic E-state index is -0.903. The second-order valence-electron chi connectivity index (χ2n) is 3.69. The van der Waals surface area contributed by atoms with Gasteiger partial charge in [0.1, 0.15) is 18.2 Å². The van der Waals surface area contributed by atoms with Gasteiger partial charge in [-0.15, -0.1) is 10.2 Å². The summed E-state index contributed by atoms with van der Waals surface area (Å²) < 4.78 is 4.93. The first-order chi connectivity index (χ1) is 8.58. The van der Waals surface area contributed by atoms with Crippen LogP contribution in [0.15, 0.2) is 0 Å². The maximum atomic E-state index is 10.8. The quantitative estimate of drug-likeness (QED) is 0.729. The zero-order valence-electron chi connectivity index (χ0n) is 10.2. The van der Waals surface area contributed by atoms with E-state index in [0.29, 0.717) is 16.7 Å². The van der Waals surface area contributed by atoms with Crippen LogP contribution in [0.2, 0.25) is 0 Å². The highest BCUT2D eigenvalue weighted by Gasteiger charge is 2.19. The predicted molar refractivity (Wildman–Crippen MR) is 65.2 cm³/mol. The number of hydrogen-bond acceptors (Lipinski definition) is 7. The van der Waals surface area contributed by atoms with Gasteiger partial charge in [0, 0.05) is 13.7 Å². The first-order valence-electron chi connectivity index (χ1n) is 5.24. The molecule has 7 nitrogen and oxygen atoms in total. The number of carbonyl (C=O) groups is 1. The van der Waals surface area contributed by atoms with Gasteiger partial charge < -0.3 is 14.7 Å². The van der Waals surface area contributed by atoms with Gasteiger partial charge in [-0.2, -0.15) is 5.26 Å². The molecular formula is C10H14N4O3S. The lowest BCUT2D eigenvalue weighted by Gasteiger charge is -2.19. The summed E-state index contributed by atoms with van der Waals surface area (Å²) in [6.45, 7) is 2.25. The molecule has 1 rings (SSSR count). The molecule has 0 aliphatic heterocycles. The molecule has 8 heteroatoms. The van der Waals surface area contributed by atoms with Gasteiger partial charge in [0.15, 0.2) is 0 Å². The molecule has 0 radical (unpaired) electrons. The number of carboxylic acid groups (broad SMARTS) is 1. The van der Waals surface area contributed by atoms with Gasteiger partial charge in [-0.25, -0.2) is 0 Å². The van der Waals surface area contributed by atoms with Crippen LogP contribution in [0, 0.1) is 17.2 Å². The minimum Gasteiger partial charge on any atom is -0.481 e. The molecule has 0 saturated carbocycles. The van der Waals surface area contributed by atoms with Crippen LogP contribution in [-0.4, -0.2) is 41.5 Å². The second-order valence-corrected chi connectivity index (χ2v) is 4.73. The van der Waals surface area contributed by atoms with Crippen LogP contribution in [0.1, 0.15) is 11.9 Å². The van der Waals surface area contributed by atoms with Crippen molar-refractivity contribution in [2.75, 3.05) is 25.1 Å². The third-order valence-corrected chi connectivity index (χ3v) is 3.13. The summed E-state index contributed by atoms with van der Waals surface area (Å²) in [4.78, 5) is 12.4. The number of aliphatic carboxylic acids is 1. The summed E-state index contributed by atoms with van der Waals surface area (Å²) in [7, 11) is 1.56. The molecule has 1 heterocycles. The van der Waals surface area contributed by atoms with E-state index in [-0.39, 0.29) is 13.1 Å². The number of nitriles is 1. The standard InChI is InChI=1S/C10H14N4O3S/c1-7(9(15)16)5-14(4-3-11)10-13-12-8(18-10)6-17-2/h7H,4-6H2,1-2H3,(H,15,16). The van der Waals surface area contributed by atoms with Crippen LogP contribution in [-0.2, 0) is 16.1 Å². The van der Waals surface area contributed by atoms with Crippen LogP contribution in [0.5, 0.6) is 0 Å². The number of nitrogens with zero attached hydrogens (tertiary/aromatic N) is 4. The molecule has 0 aliphatic rings. The molecule has 0 fully saturated rings. The summed E-state index contributed by atoms with van der Waals surface area (Å²) in [5, 5.41) is 26.7. The molecule has 0 amide bonds. The van der Waals surface area contributed by atoms with E-state index in [1.54, 1.807) is 18.9 Å². The van der Waals surface area contributed by atoms with Crippen molar-refractivity contribution in [2.24, 2.45) is 5.92 Å². The van der Waals surface area contributed by atoms with Gasteiger partial charge in [0.25, 0.3) is 0 Å². The fourth-order valence-electron chi connectivity index (χ4n) is 1.26. The number of ether oxygens (including phenoxy) is 1. The largest absolute Gasteiger partial charge is 0.481 e. The predicted octanol–water partition coefficient (Wildman–Crippen LogP) is 0.735. The van der Waals surface area contributed by atoms with Crippen LogP contribution >= 0.6 is 11.3 Å². The summed E-state index contributed by atoms with van der Waals surface area (Å²) in [6, 6.07) is 1.99. The maximum Gasteiger partial charge on any atom is 0.308 e. The molecule has 1 aromatic rings. The van der Waals surface area contributed by atoms with E-state index < -0.39 is 11.9 Å². The molecule has 1 unspecified atom stereocenters. The first kappa shape index (κ1) is 14.3. The molecular weight excluding hydrogens is 256 g/mol. The fraction of sp³-hybridized carbons (Fsp3) is 0.600. The van der Waals surface area contributed by atoms with E-state index in [4.69, 9.17) is 15.1 Å². The van der Waals surface area contributed by atoms with E-state index in [1.807, 2.05) is 6.07 Å². The monoisotopic (exact) mass is 270 g/mol. The van der Waals surface area contributed by atoms with Crippen molar-refractivity contribution in [1.82, 2.24) is 10.2 Å². The molecule has 18 heavy (non-hydrogen) atoms. The Balaban J connectivity index is 2.77. The highest BCUT2D eigenvalue weighted by atomic mass is 32.1. The molecule has 1 atom stereocenters. The van der Waals surface area contributed by atoms with Gasteiger partial charge >= 0.3 is 5.97 Å². The molecule has 0 bridgehead atoms. The third-order valence-electron chi connectivity index (χ3n) is 2.17. The lowest BCUT2D eigenvalue weighted by Crippen LogP contribution is -2.32. The first-order valence-corrected chi connectivity index (χ1v) is 6.06. The molecule has 0 spiro atoms. The summed E-state index contributed by atoms with van der Waals surface area (Å²) >= 11 is 1.29. The van der Waals surface area contributed by atoms with Crippen molar-refractivity contribution in [2.45, 2.75) is 13.5 Å². The van der Waals surface area contributed by atoms with Gasteiger partial charge in [-0.3, -0.25) is 4.79 Å². The lowest BCUT2D eigenvalue weighted by atomic mass is 10.2. The second kappa shape index (κ2) is 6.88. The Morgan fingerprint density at radius 1 is 1.67 bits per heavy atom. The highest BCUT2D eigenvalue weighted by molar-refractivity contribution is 7.15. The molecule has 1 aromatic heterocycles. The zero-order chi connectivity index (χ0) is 13.5. The number of carboxylic acids is 1. The number of anilines is 1. The average Bonchev–Trinajstić information content (AvgIpc) is 2.77. The average molecular weight is 270 g/mol. The fourth-order valence-corrected chi connectivity index (χ4v) is 2.08. The van der Waals surface area contributed by atoms with E-state index in [1.165, 1.54) is 11.3 Å². The van der Waals surface area contributed by atoms with Crippen LogP contribution in [0.4, 0.5) is 5.13 Å². The van der Waals surface area contributed by atoms with E-state index in [9.17, 15) is 4.79 Å². The Bertz CT molecular complexity index is 443. The van der Waals surface area contributed by atoms with Crippen molar-refractivity contribution in [3.63, 3.8) is 0 Å². The van der Waals surface area contributed by atoms with Crippen molar-refractivity contribution in [1.29, 1.82) is 5.26 Å². The van der Waals surface area contributed by atoms with Crippen molar-refractivity contribution >= 4 is 22.4 Å². The number of aromatic nitrogens is 2. The number of hydrogen-bond donors (Lipinski definition) is 1. The smallest absolute Gasteiger partial charge is 0.308 e. The van der Waals surface area contributed by atoms with Crippen LogP contribution in [0.25, 0.3) is 0 Å². The van der Waals surface area contributed by atoms with Gasteiger partial charge in [-0.05, 0) is 0 Å². The third kappa shape index (κ3) is 3.94. The Kier molecular flexibility index (Phi) is 5.48. The van der Waals surface area contributed by atoms with Crippen molar-refractivity contribution < 1.29 is 14.6 Å². The van der Waals surface area contributed by atoms with E-state index in [0.717, 1.165) is 0 Å². The summed E-state index contributed by atoms with van der Waals surface area (Å²) in [5.74, 6) is -1.48. The lowest BCUT2D eigenvalue weighted by molar-refractivity contribution is -0.140. The Morgan fingerprint density at radius 2 is 2.39 bits per heavy atom. The SMILES string of the molecule is COCc1nnc(N(CC#N)CC(C)C(=O)O)s1. The Hall–Kier alpha value is -1.72. The van der Waals surface area contributed by atoms with Crippen molar-refractivity contribution in [3.05, 3.63) is 5.01 Å². The van der Waals surface area contributed by atoms with Gasteiger partial charge in [0.2, 0.25) is 5.13 Å². The van der Waals surface area contributed by atoms with Crippen LogP contribution in [0.3, 0.4) is 0 Å². The van der Waals surface area contributed by atoms with Crippen molar-refractivity contribution in [3.8, 4) is 6.07 Å². The molecule has 0 aliphatic carbocycles. The van der Waals surface area contributed by atoms with Gasteiger partial charge in [-0.1, -0.05) is 18.3 Å². The Labute approximate surface area is 109 Å². The van der Waals surface area contributed by atoms with Gasteiger partial charge in [0.05, 0.1) is 12.0 Å². The van der Waals surface area contributed by atoms with E-state index >= 15 is 0 Å².